The molecule has 0 aliphatic heterocycles. The zero-order valence-electron chi connectivity index (χ0n) is 10.4. The normalized spacial score (nSPS) is 11.1. The van der Waals surface area contributed by atoms with E-state index in [1.807, 2.05) is 13.8 Å². The van der Waals surface area contributed by atoms with Crippen LogP contribution in [0.25, 0.3) is 0 Å². The van der Waals surface area contributed by atoms with Crippen LogP contribution in [0.2, 0.25) is 10.0 Å². The number of benzene rings is 1. The zero-order chi connectivity index (χ0) is 14.0. The van der Waals surface area contributed by atoms with E-state index in [1.54, 1.807) is 0 Å². The molecule has 0 radical (unpaired) electrons. The van der Waals surface area contributed by atoms with Gasteiger partial charge in [0.2, 0.25) is 11.8 Å². The van der Waals surface area contributed by atoms with Crippen LogP contribution in [0.3, 0.4) is 0 Å². The first-order valence-electron chi connectivity index (χ1n) is 5.68. The number of anilines is 1. The highest BCUT2D eigenvalue weighted by Crippen LogP contribution is 2.31. The summed E-state index contributed by atoms with van der Waals surface area (Å²) in [5.41, 5.74) is 0.439. The van der Waals surface area contributed by atoms with Gasteiger partial charge in [-0.1, -0.05) is 37.0 Å². The lowest BCUT2D eigenvalue weighted by Gasteiger charge is -2.08. The summed E-state index contributed by atoms with van der Waals surface area (Å²) in [7, 11) is 0. The van der Waals surface area contributed by atoms with Crippen molar-refractivity contribution < 1.29 is 8.81 Å². The van der Waals surface area contributed by atoms with E-state index in [9.17, 15) is 4.39 Å². The van der Waals surface area contributed by atoms with Gasteiger partial charge in [0.1, 0.15) is 5.82 Å². The van der Waals surface area contributed by atoms with E-state index in [0.717, 1.165) is 0 Å². The van der Waals surface area contributed by atoms with Crippen molar-refractivity contribution in [1.29, 1.82) is 0 Å². The number of aromatic nitrogens is 2. The fourth-order valence-electron chi connectivity index (χ4n) is 1.45. The van der Waals surface area contributed by atoms with Gasteiger partial charge in [-0.3, -0.25) is 0 Å². The first kappa shape index (κ1) is 14.1. The maximum Gasteiger partial charge on any atom is 0.235 e. The molecule has 0 spiro atoms. The van der Waals surface area contributed by atoms with Crippen molar-refractivity contribution in [1.82, 2.24) is 10.2 Å². The molecule has 0 bridgehead atoms. The summed E-state index contributed by atoms with van der Waals surface area (Å²) in [6.45, 7) is 4.18. The van der Waals surface area contributed by atoms with Gasteiger partial charge in [-0.05, 0) is 12.1 Å². The average molecular weight is 304 g/mol. The fourth-order valence-corrected chi connectivity index (χ4v) is 2.04. The molecule has 0 saturated carbocycles. The summed E-state index contributed by atoms with van der Waals surface area (Å²) in [6.07, 6.45) is 0. The van der Waals surface area contributed by atoms with Crippen LogP contribution in [0, 0.1) is 5.82 Å². The van der Waals surface area contributed by atoms with E-state index in [-0.39, 0.29) is 22.5 Å². The second-order valence-corrected chi connectivity index (χ2v) is 5.10. The molecular formula is C12H12Cl2FN3O. The maximum absolute atomic E-state index is 13.0. The standard InChI is InChI=1S/C12H12Cl2FN3O/c1-6(2)12-18-17-10(19-12)5-16-11-8(13)3-7(15)4-9(11)14/h3-4,6,16H,5H2,1-2H3. The highest BCUT2D eigenvalue weighted by Gasteiger charge is 2.12. The number of hydrogen-bond acceptors (Lipinski definition) is 4. The Morgan fingerprint density at radius 3 is 2.42 bits per heavy atom. The molecule has 0 atom stereocenters. The van der Waals surface area contributed by atoms with Gasteiger partial charge in [0, 0.05) is 5.92 Å². The zero-order valence-corrected chi connectivity index (χ0v) is 11.9. The summed E-state index contributed by atoms with van der Waals surface area (Å²) in [5, 5.41) is 11.1. The molecule has 4 nitrogen and oxygen atoms in total. The van der Waals surface area contributed by atoms with Crippen LogP contribution in [-0.4, -0.2) is 10.2 Å². The number of rotatable bonds is 4. The summed E-state index contributed by atoms with van der Waals surface area (Å²) in [4.78, 5) is 0. The van der Waals surface area contributed by atoms with Gasteiger partial charge >= 0.3 is 0 Å². The minimum Gasteiger partial charge on any atom is -0.423 e. The van der Waals surface area contributed by atoms with E-state index in [0.29, 0.717) is 17.5 Å². The molecule has 1 N–H and O–H groups in total. The molecule has 19 heavy (non-hydrogen) atoms. The average Bonchev–Trinajstić information content (AvgIpc) is 2.76. The van der Waals surface area contributed by atoms with Crippen molar-refractivity contribution >= 4 is 28.9 Å². The molecule has 0 saturated heterocycles. The van der Waals surface area contributed by atoms with Gasteiger partial charge in [0.15, 0.2) is 0 Å². The van der Waals surface area contributed by atoms with Crippen molar-refractivity contribution in [3.8, 4) is 0 Å². The third kappa shape index (κ3) is 3.36. The third-order valence-corrected chi connectivity index (χ3v) is 3.00. The number of nitrogens with zero attached hydrogens (tertiary/aromatic N) is 2. The van der Waals surface area contributed by atoms with E-state index < -0.39 is 5.82 Å². The number of halogens is 3. The minimum absolute atomic E-state index is 0.166. The van der Waals surface area contributed by atoms with Crippen LogP contribution in [0.5, 0.6) is 0 Å². The van der Waals surface area contributed by atoms with Crippen LogP contribution < -0.4 is 5.32 Å². The van der Waals surface area contributed by atoms with Crippen molar-refractivity contribution in [2.45, 2.75) is 26.3 Å². The Hall–Kier alpha value is -1.33. The van der Waals surface area contributed by atoms with Crippen molar-refractivity contribution in [3.05, 3.63) is 39.8 Å². The summed E-state index contributed by atoms with van der Waals surface area (Å²) < 4.78 is 18.5. The van der Waals surface area contributed by atoms with Crippen LogP contribution in [0.1, 0.15) is 31.5 Å². The molecule has 2 rings (SSSR count). The second kappa shape index (κ2) is 5.75. The molecule has 102 valence electrons. The molecule has 0 aliphatic rings. The molecule has 0 unspecified atom stereocenters. The minimum atomic E-state index is -0.486. The molecule has 0 amide bonds. The van der Waals surface area contributed by atoms with E-state index in [4.69, 9.17) is 27.6 Å². The second-order valence-electron chi connectivity index (χ2n) is 4.29. The summed E-state index contributed by atoms with van der Waals surface area (Å²) >= 11 is 11.8. The molecule has 7 heteroatoms. The van der Waals surface area contributed by atoms with Gasteiger partial charge in [-0.15, -0.1) is 10.2 Å². The molecule has 2 aromatic rings. The molecule has 1 aromatic heterocycles. The van der Waals surface area contributed by atoms with E-state index >= 15 is 0 Å². The first-order valence-corrected chi connectivity index (χ1v) is 6.43. The predicted octanol–water partition coefficient (Wildman–Crippen LogP) is 4.25. The van der Waals surface area contributed by atoms with E-state index in [1.165, 1.54) is 12.1 Å². The largest absolute Gasteiger partial charge is 0.423 e. The smallest absolute Gasteiger partial charge is 0.235 e. The molecule has 1 aromatic carbocycles. The molecule has 0 aliphatic carbocycles. The fraction of sp³-hybridized carbons (Fsp3) is 0.333. The van der Waals surface area contributed by atoms with Gasteiger partial charge in [-0.2, -0.15) is 0 Å². The Morgan fingerprint density at radius 2 is 1.89 bits per heavy atom. The van der Waals surface area contributed by atoms with Gasteiger partial charge in [-0.25, -0.2) is 4.39 Å². The van der Waals surface area contributed by atoms with Crippen molar-refractivity contribution in [2.75, 3.05) is 5.32 Å². The number of hydrogen-bond donors (Lipinski definition) is 1. The molecule has 0 fully saturated rings. The third-order valence-electron chi connectivity index (χ3n) is 2.40. The molecular weight excluding hydrogens is 292 g/mol. The number of nitrogens with one attached hydrogen (secondary N) is 1. The van der Waals surface area contributed by atoms with Crippen LogP contribution in [-0.2, 0) is 6.54 Å². The van der Waals surface area contributed by atoms with Crippen molar-refractivity contribution in [3.63, 3.8) is 0 Å². The highest BCUT2D eigenvalue weighted by atomic mass is 35.5. The van der Waals surface area contributed by atoms with E-state index in [2.05, 4.69) is 15.5 Å². The topological polar surface area (TPSA) is 51.0 Å². The highest BCUT2D eigenvalue weighted by molar-refractivity contribution is 6.39. The van der Waals surface area contributed by atoms with Gasteiger partial charge in [0.25, 0.3) is 0 Å². The summed E-state index contributed by atoms with van der Waals surface area (Å²) in [5.74, 6) is 0.660. The van der Waals surface area contributed by atoms with Crippen molar-refractivity contribution in [2.24, 2.45) is 0 Å². The monoisotopic (exact) mass is 303 g/mol. The lowest BCUT2D eigenvalue weighted by atomic mass is 10.2. The lowest BCUT2D eigenvalue weighted by molar-refractivity contribution is 0.437. The van der Waals surface area contributed by atoms with Crippen LogP contribution >= 0.6 is 23.2 Å². The summed E-state index contributed by atoms with van der Waals surface area (Å²) in [6, 6.07) is 2.37. The molecule has 1 heterocycles. The van der Waals surface area contributed by atoms with Crippen LogP contribution in [0.15, 0.2) is 16.5 Å². The predicted molar refractivity (Wildman–Crippen MR) is 72.1 cm³/mol. The van der Waals surface area contributed by atoms with Gasteiger partial charge in [0.05, 0.1) is 22.3 Å². The van der Waals surface area contributed by atoms with Gasteiger partial charge < -0.3 is 9.73 Å². The Morgan fingerprint density at radius 1 is 1.26 bits per heavy atom. The first-order chi connectivity index (χ1) is 8.97. The SMILES string of the molecule is CC(C)c1nnc(CNc2c(Cl)cc(F)cc2Cl)o1. The quantitative estimate of drug-likeness (QED) is 0.917. The maximum atomic E-state index is 13.0. The Labute approximate surface area is 119 Å². The Balaban J connectivity index is 2.10. The Bertz CT molecular complexity index is 563. The van der Waals surface area contributed by atoms with Crippen LogP contribution in [0.4, 0.5) is 10.1 Å². The Kier molecular flexibility index (Phi) is 4.27. The lowest BCUT2D eigenvalue weighted by Crippen LogP contribution is -2.01.